The number of hydrogen-bond acceptors (Lipinski definition) is 5. The molecular weight excluding hydrogens is 371 g/mol. The zero-order valence-electron chi connectivity index (χ0n) is 15.4. The molecule has 0 aliphatic carbocycles. The van der Waals surface area contributed by atoms with Crippen LogP contribution in [0.15, 0.2) is 36.5 Å². The summed E-state index contributed by atoms with van der Waals surface area (Å²) >= 11 is 0. The molecule has 1 aromatic heterocycles. The quantitative estimate of drug-likeness (QED) is 0.726. The van der Waals surface area contributed by atoms with Crippen LogP contribution in [0.5, 0.6) is 0 Å². The van der Waals surface area contributed by atoms with Crippen LogP contribution in [0.3, 0.4) is 0 Å². The van der Waals surface area contributed by atoms with Gasteiger partial charge in [0.2, 0.25) is 5.95 Å². The number of rotatable bonds is 5. The van der Waals surface area contributed by atoms with Gasteiger partial charge in [-0.3, -0.25) is 4.79 Å². The molecule has 28 heavy (non-hydrogen) atoms. The number of piperidine rings is 1. The topological polar surface area (TPSA) is 78.9 Å². The van der Waals surface area contributed by atoms with E-state index in [2.05, 4.69) is 25.9 Å². The van der Waals surface area contributed by atoms with E-state index in [1.807, 2.05) is 6.92 Å². The average molecular weight is 393 g/mol. The van der Waals surface area contributed by atoms with Gasteiger partial charge in [0.1, 0.15) is 5.69 Å². The Morgan fingerprint density at radius 1 is 1.25 bits per heavy atom. The highest BCUT2D eigenvalue weighted by Crippen LogP contribution is 2.28. The number of amides is 1. The van der Waals surface area contributed by atoms with Crippen LogP contribution < -0.4 is 16.0 Å². The van der Waals surface area contributed by atoms with Crippen LogP contribution in [0.4, 0.5) is 24.8 Å². The van der Waals surface area contributed by atoms with Gasteiger partial charge in [-0.25, -0.2) is 9.97 Å². The Morgan fingerprint density at radius 2 is 2.00 bits per heavy atom. The molecule has 3 N–H and O–H groups in total. The highest BCUT2D eigenvalue weighted by molar-refractivity contribution is 5.95. The smallest absolute Gasteiger partial charge is 0.349 e. The third-order valence-electron chi connectivity index (χ3n) is 4.78. The number of hydrogen-bond donors (Lipinski definition) is 3. The monoisotopic (exact) mass is 393 g/mol. The Kier molecular flexibility index (Phi) is 6.13. The molecule has 1 saturated heterocycles. The lowest BCUT2D eigenvalue weighted by Gasteiger charge is -2.28. The van der Waals surface area contributed by atoms with Crippen LogP contribution in [0.2, 0.25) is 0 Å². The van der Waals surface area contributed by atoms with E-state index in [9.17, 15) is 18.0 Å². The van der Waals surface area contributed by atoms with Gasteiger partial charge in [0.05, 0.1) is 0 Å². The number of anilines is 2. The van der Waals surface area contributed by atoms with Crippen LogP contribution in [-0.4, -0.2) is 35.0 Å². The van der Waals surface area contributed by atoms with Crippen molar-refractivity contribution in [3.63, 3.8) is 0 Å². The van der Waals surface area contributed by atoms with E-state index in [1.54, 1.807) is 24.3 Å². The molecule has 1 aromatic carbocycles. The van der Waals surface area contributed by atoms with E-state index >= 15 is 0 Å². The molecule has 0 saturated carbocycles. The van der Waals surface area contributed by atoms with Gasteiger partial charge in [-0.15, -0.1) is 0 Å². The van der Waals surface area contributed by atoms with Crippen molar-refractivity contribution >= 4 is 17.5 Å². The maximum Gasteiger partial charge on any atom is 0.433 e. The summed E-state index contributed by atoms with van der Waals surface area (Å²) in [6.07, 6.45) is -1.49. The lowest BCUT2D eigenvalue weighted by molar-refractivity contribution is -0.141. The average Bonchev–Trinajstić information content (AvgIpc) is 2.68. The van der Waals surface area contributed by atoms with Crippen LogP contribution in [0, 0.1) is 5.92 Å². The Hall–Kier alpha value is -2.68. The van der Waals surface area contributed by atoms with E-state index in [-0.39, 0.29) is 17.9 Å². The summed E-state index contributed by atoms with van der Waals surface area (Å²) in [5, 5.41) is 9.02. The lowest BCUT2D eigenvalue weighted by atomic mass is 9.91. The Balaban J connectivity index is 1.67. The third kappa shape index (κ3) is 5.19. The molecule has 2 heterocycles. The van der Waals surface area contributed by atoms with Gasteiger partial charge in [0.25, 0.3) is 5.91 Å². The van der Waals surface area contributed by atoms with Gasteiger partial charge < -0.3 is 16.0 Å². The van der Waals surface area contributed by atoms with Crippen LogP contribution in [0.1, 0.15) is 35.8 Å². The normalized spacial score (nSPS) is 16.4. The Labute approximate surface area is 161 Å². The molecule has 1 aliphatic rings. The number of benzene rings is 1. The van der Waals surface area contributed by atoms with Gasteiger partial charge >= 0.3 is 6.18 Å². The first-order chi connectivity index (χ1) is 13.3. The summed E-state index contributed by atoms with van der Waals surface area (Å²) in [7, 11) is 0. The van der Waals surface area contributed by atoms with Crippen molar-refractivity contribution in [3.8, 4) is 0 Å². The molecule has 1 atom stereocenters. The van der Waals surface area contributed by atoms with Crippen molar-refractivity contribution in [1.82, 2.24) is 20.6 Å². The second-order valence-electron chi connectivity index (χ2n) is 6.82. The summed E-state index contributed by atoms with van der Waals surface area (Å²) in [5.41, 5.74) is -0.186. The SMILES string of the molecule is C[C@H](NC(=O)c1cccc(Nc2nccc(C(F)(F)F)n2)c1)C1CCNCC1. The standard InChI is InChI=1S/C19H22F3N5O/c1-12(13-5-8-23-9-6-13)25-17(28)14-3-2-4-15(11-14)26-18-24-10-7-16(27-18)19(20,21)22/h2-4,7,10-13,23H,5-6,8-9H2,1H3,(H,25,28)(H,24,26,27)/t12-/m0/s1. The molecule has 6 nitrogen and oxygen atoms in total. The molecule has 0 spiro atoms. The first-order valence-electron chi connectivity index (χ1n) is 9.12. The second-order valence-corrected chi connectivity index (χ2v) is 6.82. The van der Waals surface area contributed by atoms with Crippen LogP contribution >= 0.6 is 0 Å². The number of carbonyl (C=O) groups is 1. The highest BCUT2D eigenvalue weighted by Gasteiger charge is 2.32. The number of nitrogens with one attached hydrogen (secondary N) is 3. The van der Waals surface area contributed by atoms with Crippen LogP contribution in [0.25, 0.3) is 0 Å². The fourth-order valence-electron chi connectivity index (χ4n) is 3.20. The van der Waals surface area contributed by atoms with Gasteiger partial charge in [0.15, 0.2) is 0 Å². The van der Waals surface area contributed by atoms with Crippen molar-refractivity contribution in [3.05, 3.63) is 47.8 Å². The summed E-state index contributed by atoms with van der Waals surface area (Å²) in [4.78, 5) is 19.8. The molecule has 1 fully saturated rings. The largest absolute Gasteiger partial charge is 0.433 e. The minimum absolute atomic E-state index is 0.0398. The summed E-state index contributed by atoms with van der Waals surface area (Å²) in [6, 6.07) is 7.35. The highest BCUT2D eigenvalue weighted by atomic mass is 19.4. The summed E-state index contributed by atoms with van der Waals surface area (Å²) < 4.78 is 38.3. The van der Waals surface area contributed by atoms with Crippen molar-refractivity contribution in [2.75, 3.05) is 18.4 Å². The molecular formula is C19H22F3N5O. The lowest BCUT2D eigenvalue weighted by Crippen LogP contribution is -2.42. The second kappa shape index (κ2) is 8.55. The molecule has 1 amide bonds. The summed E-state index contributed by atoms with van der Waals surface area (Å²) in [5.74, 6) is 0.0140. The molecule has 3 rings (SSSR count). The van der Waals surface area contributed by atoms with Gasteiger partial charge in [-0.05, 0) is 63.0 Å². The molecule has 0 unspecified atom stereocenters. The number of alkyl halides is 3. The molecule has 2 aromatic rings. The molecule has 0 bridgehead atoms. The maximum atomic E-state index is 12.8. The number of carbonyl (C=O) groups excluding carboxylic acids is 1. The molecule has 150 valence electrons. The van der Waals surface area contributed by atoms with Crippen LogP contribution in [-0.2, 0) is 6.18 Å². The first-order valence-corrected chi connectivity index (χ1v) is 9.12. The van der Waals surface area contributed by atoms with E-state index in [0.29, 0.717) is 17.2 Å². The van der Waals surface area contributed by atoms with E-state index in [1.165, 1.54) is 0 Å². The fraction of sp³-hybridized carbons (Fsp3) is 0.421. The van der Waals surface area contributed by atoms with Gasteiger partial charge in [0, 0.05) is 23.5 Å². The molecule has 0 radical (unpaired) electrons. The number of aromatic nitrogens is 2. The van der Waals surface area contributed by atoms with Crippen molar-refractivity contribution in [2.45, 2.75) is 32.0 Å². The minimum Gasteiger partial charge on any atom is -0.349 e. The number of nitrogens with zero attached hydrogens (tertiary/aromatic N) is 2. The predicted octanol–water partition coefficient (Wildman–Crippen LogP) is 3.36. The predicted molar refractivity (Wildman–Crippen MR) is 99.3 cm³/mol. The third-order valence-corrected chi connectivity index (χ3v) is 4.78. The molecule has 9 heteroatoms. The summed E-state index contributed by atoms with van der Waals surface area (Å²) in [6.45, 7) is 3.88. The molecule has 1 aliphatic heterocycles. The maximum absolute atomic E-state index is 12.8. The first kappa shape index (κ1) is 20.1. The van der Waals surface area contributed by atoms with E-state index in [4.69, 9.17) is 0 Å². The fourth-order valence-corrected chi connectivity index (χ4v) is 3.20. The zero-order valence-corrected chi connectivity index (χ0v) is 15.4. The van der Waals surface area contributed by atoms with Crippen molar-refractivity contribution < 1.29 is 18.0 Å². The Morgan fingerprint density at radius 3 is 2.71 bits per heavy atom. The van der Waals surface area contributed by atoms with Gasteiger partial charge in [-0.2, -0.15) is 13.2 Å². The van der Waals surface area contributed by atoms with Gasteiger partial charge in [-0.1, -0.05) is 6.07 Å². The van der Waals surface area contributed by atoms with Crippen molar-refractivity contribution in [1.29, 1.82) is 0 Å². The zero-order chi connectivity index (χ0) is 20.1. The van der Waals surface area contributed by atoms with E-state index < -0.39 is 11.9 Å². The number of halogens is 3. The Bertz CT molecular complexity index is 821. The minimum atomic E-state index is -4.55. The van der Waals surface area contributed by atoms with E-state index in [0.717, 1.165) is 38.2 Å². The van der Waals surface area contributed by atoms with Crippen molar-refractivity contribution in [2.24, 2.45) is 5.92 Å².